The van der Waals surface area contributed by atoms with Crippen molar-refractivity contribution in [3.63, 3.8) is 0 Å². The van der Waals surface area contributed by atoms with Crippen LogP contribution in [0.2, 0.25) is 0 Å². The van der Waals surface area contributed by atoms with Gasteiger partial charge in [0.25, 0.3) is 11.8 Å². The highest BCUT2D eigenvalue weighted by atomic mass is 16.2. The maximum atomic E-state index is 12.9. The van der Waals surface area contributed by atoms with Crippen LogP contribution in [0.5, 0.6) is 0 Å². The fourth-order valence-electron chi connectivity index (χ4n) is 3.76. The van der Waals surface area contributed by atoms with Gasteiger partial charge in [-0.2, -0.15) is 0 Å². The first-order chi connectivity index (χ1) is 16.0. The molecule has 0 saturated carbocycles. The molecule has 1 aromatic heterocycles. The van der Waals surface area contributed by atoms with Crippen LogP contribution in [0.1, 0.15) is 37.4 Å². The lowest BCUT2D eigenvalue weighted by molar-refractivity contribution is 0.102. The summed E-state index contributed by atoms with van der Waals surface area (Å²) in [5, 5.41) is 9.05. The summed E-state index contributed by atoms with van der Waals surface area (Å²) >= 11 is 0. The Morgan fingerprint density at radius 1 is 0.909 bits per heavy atom. The third kappa shape index (κ3) is 6.03. The van der Waals surface area contributed by atoms with Crippen LogP contribution in [0.4, 0.5) is 11.5 Å². The van der Waals surface area contributed by atoms with Crippen molar-refractivity contribution < 1.29 is 9.59 Å². The molecule has 1 fully saturated rings. The van der Waals surface area contributed by atoms with Crippen molar-refractivity contribution in [2.45, 2.75) is 20.4 Å². The zero-order valence-corrected chi connectivity index (χ0v) is 19.0. The molecule has 0 unspecified atom stereocenters. The largest absolute Gasteiger partial charge is 0.321 e. The Bertz CT molecular complexity index is 1120. The molecule has 33 heavy (non-hydrogen) atoms. The molecule has 0 bridgehead atoms. The lowest BCUT2D eigenvalue weighted by atomic mass is 10.1. The Labute approximate surface area is 194 Å². The van der Waals surface area contributed by atoms with E-state index in [9.17, 15) is 9.59 Å². The van der Waals surface area contributed by atoms with E-state index in [-0.39, 0.29) is 11.8 Å². The molecule has 1 aliphatic rings. The molecular formula is C26H29N5O2. The number of aryl methyl sites for hydroxylation is 2. The van der Waals surface area contributed by atoms with Crippen LogP contribution in [-0.2, 0) is 6.54 Å². The normalized spacial score (nSPS) is 14.0. The maximum absolute atomic E-state index is 12.9. The minimum atomic E-state index is -0.322. The number of amides is 2. The van der Waals surface area contributed by atoms with Crippen molar-refractivity contribution in [1.82, 2.24) is 15.2 Å². The predicted molar refractivity (Wildman–Crippen MR) is 131 cm³/mol. The van der Waals surface area contributed by atoms with Crippen molar-refractivity contribution >= 4 is 23.3 Å². The Morgan fingerprint density at radius 3 is 2.33 bits per heavy atom. The quantitative estimate of drug-likeness (QED) is 0.542. The van der Waals surface area contributed by atoms with Crippen molar-refractivity contribution in [1.29, 1.82) is 0 Å². The van der Waals surface area contributed by atoms with Crippen LogP contribution in [0, 0.1) is 13.8 Å². The van der Waals surface area contributed by atoms with E-state index in [1.807, 2.05) is 50.2 Å². The van der Waals surface area contributed by atoms with Gasteiger partial charge in [-0.25, -0.2) is 4.98 Å². The van der Waals surface area contributed by atoms with E-state index in [2.05, 4.69) is 25.8 Å². The molecule has 2 heterocycles. The van der Waals surface area contributed by atoms with Crippen molar-refractivity contribution in [3.8, 4) is 0 Å². The molecule has 2 aromatic carbocycles. The Hall–Kier alpha value is -3.55. The standard InChI is InChI=1S/C26H29N5O2/c1-18-3-9-23(22(15-18)26(33)30-24-10-4-19(2)16-28-24)29-25(32)21-7-5-20(6-8-21)17-31-13-11-27-12-14-31/h3-10,15-16,27H,11-14,17H2,1-2H3,(H,29,32)(H,28,30,33). The number of carbonyl (C=O) groups is 2. The molecule has 3 N–H and O–H groups in total. The number of carbonyl (C=O) groups excluding carboxylic acids is 2. The molecule has 170 valence electrons. The number of anilines is 2. The lowest BCUT2D eigenvalue weighted by Crippen LogP contribution is -2.42. The van der Waals surface area contributed by atoms with Crippen LogP contribution in [0.3, 0.4) is 0 Å². The molecule has 1 saturated heterocycles. The molecule has 7 nitrogen and oxygen atoms in total. The van der Waals surface area contributed by atoms with Crippen molar-refractivity contribution in [2.75, 3.05) is 36.8 Å². The van der Waals surface area contributed by atoms with E-state index in [1.165, 1.54) is 5.56 Å². The summed E-state index contributed by atoms with van der Waals surface area (Å²) in [6.45, 7) is 8.78. The predicted octanol–water partition coefficient (Wildman–Crippen LogP) is 3.61. The Kier molecular flexibility index (Phi) is 7.12. The fraction of sp³-hybridized carbons (Fsp3) is 0.269. The van der Waals surface area contributed by atoms with Gasteiger partial charge in [0, 0.05) is 44.5 Å². The van der Waals surface area contributed by atoms with E-state index >= 15 is 0 Å². The first kappa shape index (κ1) is 22.6. The number of hydrogen-bond acceptors (Lipinski definition) is 5. The third-order valence-electron chi connectivity index (χ3n) is 5.65. The first-order valence-electron chi connectivity index (χ1n) is 11.2. The van der Waals surface area contributed by atoms with Gasteiger partial charge < -0.3 is 16.0 Å². The molecule has 3 aromatic rings. The summed E-state index contributed by atoms with van der Waals surface area (Å²) < 4.78 is 0. The van der Waals surface area contributed by atoms with Gasteiger partial charge in [-0.1, -0.05) is 29.8 Å². The van der Waals surface area contributed by atoms with Crippen LogP contribution >= 0.6 is 0 Å². The second-order valence-corrected chi connectivity index (χ2v) is 8.40. The number of hydrogen-bond donors (Lipinski definition) is 3. The highest BCUT2D eigenvalue weighted by Gasteiger charge is 2.16. The van der Waals surface area contributed by atoms with Crippen molar-refractivity contribution in [2.24, 2.45) is 0 Å². The molecular weight excluding hydrogens is 414 g/mol. The highest BCUT2D eigenvalue weighted by molar-refractivity contribution is 6.12. The highest BCUT2D eigenvalue weighted by Crippen LogP contribution is 2.20. The van der Waals surface area contributed by atoms with Crippen LogP contribution in [-0.4, -0.2) is 47.9 Å². The summed E-state index contributed by atoms with van der Waals surface area (Å²) in [7, 11) is 0. The van der Waals surface area contributed by atoms with E-state index in [0.29, 0.717) is 22.6 Å². The average molecular weight is 444 g/mol. The molecule has 7 heteroatoms. The number of nitrogens with one attached hydrogen (secondary N) is 3. The zero-order chi connectivity index (χ0) is 23.2. The summed E-state index contributed by atoms with van der Waals surface area (Å²) in [4.78, 5) is 32.4. The second kappa shape index (κ2) is 10.4. The fourth-order valence-corrected chi connectivity index (χ4v) is 3.76. The van der Waals surface area contributed by atoms with Gasteiger partial charge in [0.05, 0.1) is 11.3 Å². The second-order valence-electron chi connectivity index (χ2n) is 8.40. The Balaban J connectivity index is 1.45. The van der Waals surface area contributed by atoms with Crippen LogP contribution < -0.4 is 16.0 Å². The minimum absolute atomic E-state index is 0.255. The molecule has 1 aliphatic heterocycles. The van der Waals surface area contributed by atoms with Crippen LogP contribution in [0.25, 0.3) is 0 Å². The first-order valence-corrected chi connectivity index (χ1v) is 11.2. The van der Waals surface area contributed by atoms with Gasteiger partial charge in [-0.05, 0) is 55.3 Å². The van der Waals surface area contributed by atoms with E-state index in [4.69, 9.17) is 0 Å². The average Bonchev–Trinajstić information content (AvgIpc) is 2.83. The molecule has 0 aliphatic carbocycles. The number of rotatable bonds is 6. The zero-order valence-electron chi connectivity index (χ0n) is 19.0. The number of aromatic nitrogens is 1. The molecule has 0 atom stereocenters. The van der Waals surface area contributed by atoms with E-state index in [1.54, 1.807) is 24.4 Å². The topological polar surface area (TPSA) is 86.4 Å². The van der Waals surface area contributed by atoms with Gasteiger partial charge >= 0.3 is 0 Å². The molecule has 4 rings (SSSR count). The Morgan fingerprint density at radius 2 is 1.64 bits per heavy atom. The molecule has 0 spiro atoms. The summed E-state index contributed by atoms with van der Waals surface area (Å²) in [5.41, 5.74) is 4.50. The van der Waals surface area contributed by atoms with Gasteiger partial charge in [-0.15, -0.1) is 0 Å². The summed E-state index contributed by atoms with van der Waals surface area (Å²) in [6.07, 6.45) is 1.69. The van der Waals surface area contributed by atoms with Gasteiger partial charge in [-0.3, -0.25) is 14.5 Å². The molecule has 2 amide bonds. The number of piperazine rings is 1. The number of benzene rings is 2. The smallest absolute Gasteiger partial charge is 0.258 e. The lowest BCUT2D eigenvalue weighted by Gasteiger charge is -2.27. The van der Waals surface area contributed by atoms with Gasteiger partial charge in [0.2, 0.25) is 0 Å². The van der Waals surface area contributed by atoms with Gasteiger partial charge in [0.15, 0.2) is 0 Å². The number of nitrogens with zero attached hydrogens (tertiary/aromatic N) is 2. The minimum Gasteiger partial charge on any atom is -0.321 e. The molecule has 0 radical (unpaired) electrons. The summed E-state index contributed by atoms with van der Waals surface area (Å²) in [5.74, 6) is -0.115. The third-order valence-corrected chi connectivity index (χ3v) is 5.65. The van der Waals surface area contributed by atoms with E-state index < -0.39 is 0 Å². The van der Waals surface area contributed by atoms with Gasteiger partial charge in [0.1, 0.15) is 5.82 Å². The SMILES string of the molecule is Cc1ccc(NC(=O)c2cc(C)ccc2NC(=O)c2ccc(CN3CCNCC3)cc2)nc1. The van der Waals surface area contributed by atoms with Crippen LogP contribution in [0.15, 0.2) is 60.8 Å². The summed E-state index contributed by atoms with van der Waals surface area (Å²) in [6, 6.07) is 16.7. The number of pyridine rings is 1. The monoisotopic (exact) mass is 443 g/mol. The maximum Gasteiger partial charge on any atom is 0.258 e. The van der Waals surface area contributed by atoms with Crippen molar-refractivity contribution in [3.05, 3.63) is 88.6 Å². The van der Waals surface area contributed by atoms with E-state index in [0.717, 1.165) is 43.9 Å².